The third-order valence-electron chi connectivity index (χ3n) is 5.16. The molecule has 0 unspecified atom stereocenters. The molecule has 13 heteroatoms. The predicted octanol–water partition coefficient (Wildman–Crippen LogP) is 0.511. The van der Waals surface area contributed by atoms with Crippen molar-refractivity contribution in [1.82, 2.24) is 30.4 Å². The molecule has 2 aromatic rings. The first-order chi connectivity index (χ1) is 16.1. The van der Waals surface area contributed by atoms with Gasteiger partial charge >= 0.3 is 11.8 Å². The molecule has 3 rings (SSSR count). The van der Waals surface area contributed by atoms with Crippen molar-refractivity contribution in [2.75, 3.05) is 39.0 Å². The summed E-state index contributed by atoms with van der Waals surface area (Å²) in [5.74, 6) is -2.26. The number of hydrogen-bond donors (Lipinski definition) is 3. The fourth-order valence-electron chi connectivity index (χ4n) is 3.21. The van der Waals surface area contributed by atoms with Crippen LogP contribution in [0.25, 0.3) is 0 Å². The Bertz CT molecular complexity index is 1080. The number of aromatic nitrogens is 2. The van der Waals surface area contributed by atoms with Crippen LogP contribution in [0, 0.1) is 0 Å². The first-order valence-electron chi connectivity index (χ1n) is 10.5. The number of halogens is 1. The molecule has 1 aliphatic heterocycles. The van der Waals surface area contributed by atoms with Gasteiger partial charge in [0.05, 0.1) is 16.8 Å². The molecular weight excluding hydrogens is 482 g/mol. The molecule has 11 nitrogen and oxygen atoms in total. The molecule has 1 aliphatic rings. The molecule has 0 spiro atoms. The smallest absolute Gasteiger partial charge is 0.314 e. The molecule has 182 valence electrons. The molecule has 2 aromatic heterocycles. The van der Waals surface area contributed by atoms with Gasteiger partial charge in [-0.15, -0.1) is 11.3 Å². The van der Waals surface area contributed by atoms with E-state index in [1.807, 2.05) is 7.05 Å². The first kappa shape index (κ1) is 25.5. The second-order valence-electron chi connectivity index (χ2n) is 7.97. The van der Waals surface area contributed by atoms with E-state index in [0.29, 0.717) is 16.6 Å². The van der Waals surface area contributed by atoms with Gasteiger partial charge in [0.1, 0.15) is 5.82 Å². The first-order valence-corrected chi connectivity index (χ1v) is 11.7. The van der Waals surface area contributed by atoms with E-state index in [2.05, 4.69) is 30.8 Å². The summed E-state index contributed by atoms with van der Waals surface area (Å²) in [5, 5.41) is 8.39. The van der Waals surface area contributed by atoms with E-state index < -0.39 is 23.8 Å². The van der Waals surface area contributed by atoms with Crippen LogP contribution in [0.3, 0.4) is 0 Å². The molecule has 0 saturated carbocycles. The summed E-state index contributed by atoms with van der Waals surface area (Å²) < 4.78 is 0. The number of likely N-dealkylation sites (N-methyl/N-ethyl adjacent to an activating group) is 2. The van der Waals surface area contributed by atoms with E-state index in [9.17, 15) is 19.2 Å². The largest absolute Gasteiger partial charge is 0.346 e. The van der Waals surface area contributed by atoms with Crippen LogP contribution in [0.4, 0.5) is 5.82 Å². The van der Waals surface area contributed by atoms with E-state index in [1.165, 1.54) is 41.5 Å². The SMILES string of the molecule is CC(=O)N(C)C[C@H](CNC(=O)C(=O)Nc1ccc(Cl)cn1)NC(=O)c1nc2c(s1)CCN(C)C2. The van der Waals surface area contributed by atoms with Crippen LogP contribution in [0.5, 0.6) is 0 Å². The molecular formula is C21H26ClN7O4S. The van der Waals surface area contributed by atoms with E-state index in [0.717, 1.165) is 23.5 Å². The lowest BCUT2D eigenvalue weighted by Crippen LogP contribution is -2.51. The lowest BCUT2D eigenvalue weighted by Gasteiger charge is -2.24. The molecule has 0 saturated heterocycles. The number of fused-ring (bicyclic) bond motifs is 1. The molecule has 1 atom stereocenters. The average molecular weight is 508 g/mol. The van der Waals surface area contributed by atoms with Crippen molar-refractivity contribution >= 4 is 52.4 Å². The van der Waals surface area contributed by atoms with Gasteiger partial charge in [0.2, 0.25) is 5.91 Å². The minimum atomic E-state index is -0.920. The van der Waals surface area contributed by atoms with Crippen LogP contribution in [-0.4, -0.2) is 83.2 Å². The van der Waals surface area contributed by atoms with Crippen LogP contribution in [0.1, 0.15) is 27.3 Å². The standard InChI is InChI=1S/C21H26ClN7O4S/c1-12(30)29(3)10-14(9-24-18(31)19(32)27-17-5-4-13(22)8-23-17)25-20(33)21-26-15-11-28(2)7-6-16(15)34-21/h4-5,8,14H,6-7,9-11H2,1-3H3,(H,24,31)(H,25,33)(H,23,27,32)/t14-/m0/s1. The highest BCUT2D eigenvalue weighted by atomic mass is 35.5. The number of anilines is 1. The summed E-state index contributed by atoms with van der Waals surface area (Å²) in [7, 11) is 3.58. The van der Waals surface area contributed by atoms with Gasteiger partial charge in [0.15, 0.2) is 5.01 Å². The van der Waals surface area contributed by atoms with Gasteiger partial charge in [0, 0.05) is 51.2 Å². The highest BCUT2D eigenvalue weighted by Crippen LogP contribution is 2.24. The Morgan fingerprint density at radius 3 is 2.71 bits per heavy atom. The number of pyridine rings is 1. The lowest BCUT2D eigenvalue weighted by molar-refractivity contribution is -0.136. The zero-order chi connectivity index (χ0) is 24.8. The maximum absolute atomic E-state index is 12.9. The van der Waals surface area contributed by atoms with Crippen molar-refractivity contribution in [3.05, 3.63) is 38.9 Å². The van der Waals surface area contributed by atoms with Gasteiger partial charge in [-0.25, -0.2) is 9.97 Å². The van der Waals surface area contributed by atoms with Gasteiger partial charge in [-0.3, -0.25) is 19.2 Å². The van der Waals surface area contributed by atoms with Crippen molar-refractivity contribution in [1.29, 1.82) is 0 Å². The highest BCUT2D eigenvalue weighted by Gasteiger charge is 2.25. The maximum atomic E-state index is 12.9. The number of rotatable bonds is 7. The zero-order valence-corrected chi connectivity index (χ0v) is 20.6. The molecule has 4 amide bonds. The van der Waals surface area contributed by atoms with Gasteiger partial charge in [-0.1, -0.05) is 11.6 Å². The molecule has 0 radical (unpaired) electrons. The van der Waals surface area contributed by atoms with Gasteiger partial charge in [-0.05, 0) is 25.6 Å². The fourth-order valence-corrected chi connectivity index (χ4v) is 4.29. The van der Waals surface area contributed by atoms with Crippen molar-refractivity contribution < 1.29 is 19.2 Å². The van der Waals surface area contributed by atoms with Crippen LogP contribution >= 0.6 is 22.9 Å². The summed E-state index contributed by atoms with van der Waals surface area (Å²) in [4.78, 5) is 62.0. The normalized spacial score (nSPS) is 14.0. The van der Waals surface area contributed by atoms with E-state index in [4.69, 9.17) is 11.6 Å². The van der Waals surface area contributed by atoms with Crippen LogP contribution in [0.15, 0.2) is 18.3 Å². The highest BCUT2D eigenvalue weighted by molar-refractivity contribution is 7.13. The van der Waals surface area contributed by atoms with E-state index in [-0.39, 0.29) is 24.8 Å². The Labute approximate surface area is 205 Å². The van der Waals surface area contributed by atoms with Crippen molar-refractivity contribution in [2.45, 2.75) is 25.9 Å². The van der Waals surface area contributed by atoms with Gasteiger partial charge < -0.3 is 25.8 Å². The second kappa shape index (κ2) is 11.4. The molecule has 34 heavy (non-hydrogen) atoms. The molecule has 0 aliphatic carbocycles. The average Bonchev–Trinajstić information content (AvgIpc) is 3.22. The number of hydrogen-bond acceptors (Lipinski definition) is 8. The van der Waals surface area contributed by atoms with E-state index >= 15 is 0 Å². The molecule has 3 heterocycles. The fraction of sp³-hybridized carbons (Fsp3) is 0.429. The number of nitrogens with zero attached hydrogens (tertiary/aromatic N) is 4. The van der Waals surface area contributed by atoms with Crippen molar-refractivity contribution in [3.8, 4) is 0 Å². The number of carbonyl (C=O) groups excluding carboxylic acids is 4. The Kier molecular flexibility index (Phi) is 8.53. The Balaban J connectivity index is 1.61. The second-order valence-corrected chi connectivity index (χ2v) is 9.49. The van der Waals surface area contributed by atoms with Gasteiger partial charge in [0.25, 0.3) is 5.91 Å². The molecule has 3 N–H and O–H groups in total. The van der Waals surface area contributed by atoms with Crippen molar-refractivity contribution in [3.63, 3.8) is 0 Å². The van der Waals surface area contributed by atoms with Crippen LogP contribution < -0.4 is 16.0 Å². The summed E-state index contributed by atoms with van der Waals surface area (Å²) >= 11 is 7.10. The van der Waals surface area contributed by atoms with E-state index in [1.54, 1.807) is 7.05 Å². The molecule has 0 fully saturated rings. The topological polar surface area (TPSA) is 137 Å². The molecule has 0 bridgehead atoms. The summed E-state index contributed by atoms with van der Waals surface area (Å²) in [5.41, 5.74) is 0.891. The summed E-state index contributed by atoms with van der Waals surface area (Å²) in [6.07, 6.45) is 2.17. The Morgan fingerprint density at radius 2 is 2.03 bits per heavy atom. The minimum Gasteiger partial charge on any atom is -0.346 e. The van der Waals surface area contributed by atoms with Crippen LogP contribution in [0.2, 0.25) is 5.02 Å². The minimum absolute atomic E-state index is 0.0719. The Morgan fingerprint density at radius 1 is 1.26 bits per heavy atom. The quantitative estimate of drug-likeness (QED) is 0.464. The summed E-state index contributed by atoms with van der Waals surface area (Å²) in [6, 6.07) is 2.35. The van der Waals surface area contributed by atoms with Crippen LogP contribution in [-0.2, 0) is 27.3 Å². The number of carbonyl (C=O) groups is 4. The third-order valence-corrected chi connectivity index (χ3v) is 6.54. The monoisotopic (exact) mass is 507 g/mol. The van der Waals surface area contributed by atoms with Crippen molar-refractivity contribution in [2.24, 2.45) is 0 Å². The number of nitrogens with one attached hydrogen (secondary N) is 3. The predicted molar refractivity (Wildman–Crippen MR) is 128 cm³/mol. The number of thiazole rings is 1. The lowest BCUT2D eigenvalue weighted by atomic mass is 10.2. The Hall–Kier alpha value is -3.09. The maximum Gasteiger partial charge on any atom is 0.314 e. The number of amides is 4. The molecule has 0 aromatic carbocycles. The third kappa shape index (κ3) is 6.95. The van der Waals surface area contributed by atoms with Gasteiger partial charge in [-0.2, -0.15) is 0 Å². The summed E-state index contributed by atoms with van der Waals surface area (Å²) in [6.45, 7) is 3.05. The zero-order valence-electron chi connectivity index (χ0n) is 19.1.